The molecular weight excluding hydrogens is 1200 g/mol. The summed E-state index contributed by atoms with van der Waals surface area (Å²) in [5.41, 5.74) is 0. The van der Waals surface area contributed by atoms with Gasteiger partial charge in [0.05, 0.1) is 18.5 Å². The van der Waals surface area contributed by atoms with Crippen molar-refractivity contribution in [3.05, 3.63) is 27.8 Å². The van der Waals surface area contributed by atoms with Crippen LogP contribution in [0.4, 0.5) is 0 Å². The zero-order chi connectivity index (χ0) is 46.6. The molecule has 0 saturated heterocycles. The molecule has 0 bridgehead atoms. The van der Waals surface area contributed by atoms with Crippen LogP contribution in [0.1, 0.15) is 229 Å². The van der Waals surface area contributed by atoms with Crippen molar-refractivity contribution in [3.8, 4) is 0 Å². The molecule has 2 aromatic rings. The van der Waals surface area contributed by atoms with Gasteiger partial charge < -0.3 is 9.05 Å². The summed E-state index contributed by atoms with van der Waals surface area (Å²) in [5, 5.41) is 5.41. The molecule has 0 aliphatic heterocycles. The van der Waals surface area contributed by atoms with E-state index < -0.39 is 33.6 Å². The fourth-order valence-corrected chi connectivity index (χ4v) is 37.0. The van der Waals surface area contributed by atoms with Gasteiger partial charge in [-0.3, -0.25) is 4.57 Å². The molecule has 13 heteroatoms. The van der Waals surface area contributed by atoms with E-state index in [4.69, 9.17) is 18.1 Å². The van der Waals surface area contributed by atoms with Crippen LogP contribution in [0.25, 0.3) is 0 Å². The van der Waals surface area contributed by atoms with E-state index >= 15 is 0 Å². The summed E-state index contributed by atoms with van der Waals surface area (Å²) < 4.78 is 56.4. The van der Waals surface area contributed by atoms with Crippen molar-refractivity contribution >= 4 is 116 Å². The Labute approximate surface area is 441 Å². The predicted molar refractivity (Wildman–Crippen MR) is 305 cm³/mol. The van der Waals surface area contributed by atoms with E-state index in [-0.39, 0.29) is 31.3 Å². The second-order valence-electron chi connectivity index (χ2n) is 17.3. The van der Waals surface area contributed by atoms with E-state index in [0.29, 0.717) is 35.2 Å². The van der Waals surface area contributed by atoms with Gasteiger partial charge in [0.15, 0.2) is 0 Å². The molecule has 0 saturated carbocycles. The molecule has 0 amide bonds. The van der Waals surface area contributed by atoms with Crippen LogP contribution in [-0.4, -0.2) is 72.1 Å². The van der Waals surface area contributed by atoms with Crippen LogP contribution in [0, 0.1) is 6.92 Å². The predicted octanol–water partition coefficient (Wildman–Crippen LogP) is 18.5. The van der Waals surface area contributed by atoms with Gasteiger partial charge >= 0.3 is 234 Å². The van der Waals surface area contributed by atoms with Crippen molar-refractivity contribution < 1.29 is 27.2 Å². The fourth-order valence-electron chi connectivity index (χ4n) is 7.29. The summed E-state index contributed by atoms with van der Waals surface area (Å²) in [4.78, 5) is 1.27. The monoisotopic (exact) mass is 1300 g/mol. The number of hydrogen-bond donors (Lipinski definition) is 0. The van der Waals surface area contributed by atoms with Gasteiger partial charge in [-0.2, -0.15) is 11.3 Å². The summed E-state index contributed by atoms with van der Waals surface area (Å²) in [6.45, 7) is 26.5. The third-order valence-corrected chi connectivity index (χ3v) is 38.0. The van der Waals surface area contributed by atoms with Crippen molar-refractivity contribution in [2.24, 2.45) is 0 Å². The van der Waals surface area contributed by atoms with E-state index in [1.165, 1.54) is 129 Å². The number of thiophene rings is 2. The Morgan fingerprint density at radius 3 is 1.22 bits per heavy atom. The van der Waals surface area contributed by atoms with Crippen LogP contribution < -0.4 is 13.5 Å². The molecule has 0 spiro atoms. The van der Waals surface area contributed by atoms with Gasteiger partial charge in [-0.05, 0) is 43.6 Å². The Bertz CT molecular complexity index is 1340. The molecule has 0 aliphatic carbocycles. The van der Waals surface area contributed by atoms with Crippen LogP contribution in [0.3, 0.4) is 0 Å². The van der Waals surface area contributed by atoms with Gasteiger partial charge in [0, 0.05) is 8.80 Å². The molecule has 0 atom stereocenters. The van der Waals surface area contributed by atoms with Gasteiger partial charge in [0.1, 0.15) is 0 Å². The average molecular weight is 1300 g/mol. The van der Waals surface area contributed by atoms with Gasteiger partial charge in [-0.25, -0.2) is 0 Å². The fraction of sp³-hybridized carbons (Fsp3) is 0.843. The van der Waals surface area contributed by atoms with Crippen LogP contribution in [0.5, 0.6) is 0 Å². The zero-order valence-electron chi connectivity index (χ0n) is 42.6. The summed E-state index contributed by atoms with van der Waals surface area (Å²) in [7, 11) is -6.35. The maximum atomic E-state index is 14.3. The van der Waals surface area contributed by atoms with Crippen molar-refractivity contribution in [2.45, 2.75) is 248 Å². The second kappa shape index (κ2) is 43.8. The van der Waals surface area contributed by atoms with Crippen molar-refractivity contribution in [3.63, 3.8) is 0 Å². The second-order valence-corrected chi connectivity index (χ2v) is 39.7. The Morgan fingerprint density at radius 2 is 0.906 bits per heavy atom. The van der Waals surface area contributed by atoms with E-state index in [0.717, 1.165) is 56.7 Å². The molecule has 0 aromatic carbocycles. The van der Waals surface area contributed by atoms with Crippen LogP contribution in [-0.2, 0) is 27.2 Å². The summed E-state index contributed by atoms with van der Waals surface area (Å²) in [5.74, 6) is 0. The number of alkyl halides is 1. The van der Waals surface area contributed by atoms with Crippen molar-refractivity contribution in [2.75, 3.05) is 26.4 Å². The molecule has 0 fully saturated rings. The summed E-state index contributed by atoms with van der Waals surface area (Å²) in [6.07, 6.45) is 28.0. The maximum absolute atomic E-state index is 14.3. The Morgan fingerprint density at radius 1 is 0.562 bits per heavy atom. The quantitative estimate of drug-likeness (QED) is 0.0221. The molecule has 2 aromatic heterocycles. The van der Waals surface area contributed by atoms with E-state index in [1.54, 1.807) is 0 Å². The molecule has 3 radical (unpaired) electrons. The Balaban J connectivity index is -0.000000952. The molecule has 0 unspecified atom stereocenters. The van der Waals surface area contributed by atoms with E-state index in [2.05, 4.69) is 105 Å². The van der Waals surface area contributed by atoms with Crippen LogP contribution in [0.15, 0.2) is 22.9 Å². The normalized spacial score (nSPS) is 11.9. The summed E-state index contributed by atoms with van der Waals surface area (Å²) >= 11 is 3.46. The minimum absolute atomic E-state index is 0. The molecule has 0 N–H and O–H groups in total. The Kier molecular flexibility index (Phi) is 48.1. The van der Waals surface area contributed by atoms with Crippen molar-refractivity contribution in [1.82, 2.24) is 0 Å². The first-order valence-electron chi connectivity index (χ1n) is 25.4. The number of unbranched alkanes of at least 4 members (excludes halogenated alkanes) is 10. The topological polar surface area (TPSA) is 71.1 Å². The first-order chi connectivity index (χ1) is 29.8. The molecule has 6 nitrogen and oxygen atoms in total. The standard InChI is InChI=1S/C13H27I.C13H22O3PS.C12H21O3PS.3C4H9.CH4.2Sn.H/c1-4-7-10-13(14,11-8-5-2)12-9-6-3;1-4-6-8-15-17(14,16-9-7-5-2)13-10-12(3)18-11-13;1-3-5-8-14-16(13,15-9-6-4-2)12-7-10-17-11-12;3*1-3-4-2;;;;/h4-12H2,1-3H3;10H,4-9H2,1-3H3;7,10-11H,3-6,8-9H2,1-2H3;3*1,3-4H2,2H3;1H4;;;. The van der Waals surface area contributed by atoms with Crippen LogP contribution in [0.2, 0.25) is 13.3 Å². The molecule has 2 rings (SSSR count). The van der Waals surface area contributed by atoms with Gasteiger partial charge in [-0.1, -0.05) is 116 Å². The van der Waals surface area contributed by atoms with Gasteiger partial charge in [0.25, 0.3) is 0 Å². The Hall–Kier alpha value is 2.03. The van der Waals surface area contributed by atoms with Gasteiger partial charge in [-0.15, -0.1) is 0 Å². The van der Waals surface area contributed by atoms with Crippen molar-refractivity contribution in [1.29, 1.82) is 0 Å². The minimum atomic E-state index is -3.28. The summed E-state index contributed by atoms with van der Waals surface area (Å²) in [6, 6.07) is 4.00. The molecule has 64 heavy (non-hydrogen) atoms. The number of rotatable bonds is 37. The third-order valence-electron chi connectivity index (χ3n) is 11.4. The number of hydrogen-bond acceptors (Lipinski definition) is 8. The molecule has 0 aliphatic rings. The number of halogens is 1. The molecule has 379 valence electrons. The first kappa shape index (κ1) is 70.3. The third kappa shape index (κ3) is 29.4. The van der Waals surface area contributed by atoms with Gasteiger partial charge in [0.2, 0.25) is 0 Å². The van der Waals surface area contributed by atoms with Crippen LogP contribution >= 0.6 is 60.5 Å². The SMILES string of the molecule is C.CCCCC(I)(CCCC)CCCC.CCCCOP(=O)(OCCCC)c1cc(C)s[c]1[Sn]([CH2]CCC)([CH2]CCC)[CH2]CCC.CCCCOP(=O)(OCCCC)c1ccsc1.[SnH]. The zero-order valence-corrected chi connectivity index (χ0v) is 54.4. The molecule has 2 heterocycles. The van der Waals surface area contributed by atoms with E-state index in [1.807, 2.05) is 28.2 Å². The first-order valence-corrected chi connectivity index (χ1v) is 38.9. The molecular formula is C51H102IO6P2S2Sn2. The number of aryl methyl sites for hydroxylation is 1. The average Bonchev–Trinajstić information content (AvgIpc) is 3.97. The van der Waals surface area contributed by atoms with E-state index in [9.17, 15) is 9.13 Å².